The lowest BCUT2D eigenvalue weighted by Gasteiger charge is -2.32. The van der Waals surface area contributed by atoms with Crippen molar-refractivity contribution in [1.82, 2.24) is 29.4 Å². The molecular weight excluding hydrogens is 488 g/mol. The largest absolute Gasteiger partial charge is 0.353 e. The number of aromatic nitrogens is 5. The van der Waals surface area contributed by atoms with E-state index in [2.05, 4.69) is 19.9 Å². The van der Waals surface area contributed by atoms with Gasteiger partial charge in [-0.05, 0) is 49.2 Å². The predicted molar refractivity (Wildman–Crippen MR) is 144 cm³/mol. The molecule has 4 aromatic heterocycles. The molecule has 9 nitrogen and oxygen atoms in total. The van der Waals surface area contributed by atoms with Gasteiger partial charge in [0.1, 0.15) is 0 Å². The maximum atomic E-state index is 13.3. The van der Waals surface area contributed by atoms with Crippen LogP contribution in [0.15, 0.2) is 68.9 Å². The van der Waals surface area contributed by atoms with Crippen LogP contribution in [0, 0.1) is 0 Å². The van der Waals surface area contributed by atoms with Crippen molar-refractivity contribution in [1.29, 1.82) is 0 Å². The van der Waals surface area contributed by atoms with E-state index in [1.54, 1.807) is 6.07 Å². The first kappa shape index (κ1) is 21.8. The van der Waals surface area contributed by atoms with Gasteiger partial charge in [-0.25, -0.2) is 9.78 Å². The molecule has 0 saturated carbocycles. The number of rotatable bonds is 3. The minimum atomic E-state index is -0.258. The van der Waals surface area contributed by atoms with Gasteiger partial charge in [0.2, 0.25) is 0 Å². The van der Waals surface area contributed by atoms with Crippen LogP contribution >= 0.6 is 11.3 Å². The summed E-state index contributed by atoms with van der Waals surface area (Å²) in [7, 11) is 0. The van der Waals surface area contributed by atoms with E-state index in [-0.39, 0.29) is 23.2 Å². The van der Waals surface area contributed by atoms with Crippen LogP contribution in [-0.4, -0.2) is 48.4 Å². The molecule has 0 unspecified atom stereocenters. The number of carbonyl (C=O) groups excluding carboxylic acids is 1. The number of imidazole rings is 1. The Morgan fingerprint density at radius 3 is 2.62 bits per heavy atom. The summed E-state index contributed by atoms with van der Waals surface area (Å²) >= 11 is 1.49. The van der Waals surface area contributed by atoms with Gasteiger partial charge < -0.3 is 19.9 Å². The van der Waals surface area contributed by atoms with E-state index in [0.717, 1.165) is 33.0 Å². The Morgan fingerprint density at radius 1 is 0.919 bits per heavy atom. The molecule has 6 aromatic rings. The maximum absolute atomic E-state index is 13.3. The summed E-state index contributed by atoms with van der Waals surface area (Å²) in [4.78, 5) is 53.9. The van der Waals surface area contributed by atoms with Gasteiger partial charge in [-0.2, -0.15) is 0 Å². The van der Waals surface area contributed by atoms with E-state index in [1.165, 1.54) is 11.3 Å². The lowest BCUT2D eigenvalue weighted by Crippen LogP contribution is -2.40. The van der Waals surface area contributed by atoms with Crippen LogP contribution in [-0.2, 0) is 0 Å². The average molecular weight is 511 g/mol. The van der Waals surface area contributed by atoms with Crippen molar-refractivity contribution in [2.24, 2.45) is 0 Å². The van der Waals surface area contributed by atoms with Gasteiger partial charge in [0.25, 0.3) is 11.5 Å². The van der Waals surface area contributed by atoms with E-state index in [9.17, 15) is 14.4 Å². The number of benzene rings is 2. The molecular formula is C27H22N6O3S. The Balaban J connectivity index is 1.12. The normalized spacial score (nSPS) is 14.8. The minimum absolute atomic E-state index is 0.0370. The third-order valence-corrected chi connectivity index (χ3v) is 7.93. The van der Waals surface area contributed by atoms with Crippen molar-refractivity contribution in [2.45, 2.75) is 18.9 Å². The fourth-order valence-corrected chi connectivity index (χ4v) is 6.04. The van der Waals surface area contributed by atoms with Gasteiger partial charge >= 0.3 is 5.69 Å². The third-order valence-electron chi connectivity index (χ3n) is 7.20. The molecule has 5 heterocycles. The fraction of sp³-hybridized carbons (Fsp3) is 0.185. The average Bonchev–Trinajstić information content (AvgIpc) is 3.63. The second kappa shape index (κ2) is 8.31. The van der Waals surface area contributed by atoms with E-state index in [1.807, 2.05) is 62.7 Å². The molecule has 184 valence electrons. The fourth-order valence-electron chi connectivity index (χ4n) is 5.35. The van der Waals surface area contributed by atoms with E-state index in [4.69, 9.17) is 0 Å². The summed E-state index contributed by atoms with van der Waals surface area (Å²) in [5, 5.41) is 4.59. The molecule has 1 aliphatic rings. The Kier molecular flexibility index (Phi) is 4.90. The van der Waals surface area contributed by atoms with Crippen molar-refractivity contribution in [2.75, 3.05) is 13.1 Å². The smallest absolute Gasteiger partial charge is 0.326 e. The molecule has 1 saturated heterocycles. The van der Waals surface area contributed by atoms with Crippen molar-refractivity contribution in [3.05, 3.63) is 85.7 Å². The van der Waals surface area contributed by atoms with Crippen molar-refractivity contribution in [3.8, 4) is 11.4 Å². The van der Waals surface area contributed by atoms with E-state index >= 15 is 0 Å². The Labute approximate surface area is 213 Å². The number of piperidine rings is 1. The first-order valence-corrected chi connectivity index (χ1v) is 13.1. The van der Waals surface area contributed by atoms with Crippen LogP contribution < -0.4 is 11.2 Å². The van der Waals surface area contributed by atoms with Gasteiger partial charge in [0.05, 0.1) is 27.8 Å². The third kappa shape index (κ3) is 3.60. The second-order valence-corrected chi connectivity index (χ2v) is 10.2. The van der Waals surface area contributed by atoms with Crippen molar-refractivity contribution < 1.29 is 4.79 Å². The number of nitrogens with zero attached hydrogens (tertiary/aromatic N) is 3. The molecule has 0 aliphatic carbocycles. The molecule has 0 atom stereocenters. The highest BCUT2D eigenvalue weighted by Gasteiger charge is 2.27. The zero-order chi connectivity index (χ0) is 25.1. The molecule has 10 heteroatoms. The zero-order valence-corrected chi connectivity index (χ0v) is 20.5. The van der Waals surface area contributed by atoms with Crippen LogP contribution in [0.5, 0.6) is 0 Å². The number of fused-ring (bicyclic) bond motifs is 3. The van der Waals surface area contributed by atoms with Gasteiger partial charge in [0, 0.05) is 46.4 Å². The van der Waals surface area contributed by atoms with Crippen LogP contribution in [0.4, 0.5) is 0 Å². The highest BCUT2D eigenvalue weighted by Crippen LogP contribution is 2.27. The number of carbonyl (C=O) groups is 1. The number of nitrogens with one attached hydrogen (secondary N) is 3. The zero-order valence-electron chi connectivity index (χ0n) is 19.7. The number of amides is 1. The maximum Gasteiger partial charge on any atom is 0.326 e. The molecule has 0 bridgehead atoms. The van der Waals surface area contributed by atoms with Crippen molar-refractivity contribution in [3.63, 3.8) is 0 Å². The Hall–Kier alpha value is -4.44. The van der Waals surface area contributed by atoms with E-state index < -0.39 is 0 Å². The molecule has 37 heavy (non-hydrogen) atoms. The van der Waals surface area contributed by atoms with Gasteiger partial charge in [-0.3, -0.25) is 14.2 Å². The van der Waals surface area contributed by atoms with Crippen molar-refractivity contribution >= 4 is 50.2 Å². The first-order chi connectivity index (χ1) is 18.0. The Bertz CT molecular complexity index is 1930. The molecule has 7 rings (SSSR count). The van der Waals surface area contributed by atoms with Gasteiger partial charge in [-0.1, -0.05) is 12.1 Å². The van der Waals surface area contributed by atoms with Gasteiger partial charge in [-0.15, -0.1) is 11.3 Å². The SMILES string of the molecule is O=C(c1ccc2[nH]c(-c3nc4cscc4[nH]c3=O)cc2c1)N1CCC(n2c(=O)[nH]c3ccccc32)CC1. The molecule has 1 amide bonds. The van der Waals surface area contributed by atoms with E-state index in [0.29, 0.717) is 42.9 Å². The lowest BCUT2D eigenvalue weighted by atomic mass is 10.0. The number of para-hydroxylation sites is 2. The molecule has 1 fully saturated rings. The summed E-state index contributed by atoms with van der Waals surface area (Å²) < 4.78 is 1.83. The van der Waals surface area contributed by atoms with Crippen LogP contribution in [0.3, 0.4) is 0 Å². The Morgan fingerprint density at radius 2 is 1.76 bits per heavy atom. The molecule has 3 N–H and O–H groups in total. The highest BCUT2D eigenvalue weighted by molar-refractivity contribution is 7.09. The number of hydrogen-bond acceptors (Lipinski definition) is 5. The first-order valence-electron chi connectivity index (χ1n) is 12.1. The molecule has 0 radical (unpaired) electrons. The number of thiophene rings is 1. The molecule has 2 aromatic carbocycles. The number of H-pyrrole nitrogens is 3. The van der Waals surface area contributed by atoms with Crippen LogP contribution in [0.1, 0.15) is 29.2 Å². The molecule has 1 aliphatic heterocycles. The summed E-state index contributed by atoms with van der Waals surface area (Å²) in [6.07, 6.45) is 1.42. The number of likely N-dealkylation sites (tertiary alicyclic amines) is 1. The van der Waals surface area contributed by atoms with Gasteiger partial charge in [0.15, 0.2) is 5.69 Å². The summed E-state index contributed by atoms with van der Waals surface area (Å²) in [6, 6.07) is 15.1. The number of aromatic amines is 3. The lowest BCUT2D eigenvalue weighted by molar-refractivity contribution is 0.0695. The summed E-state index contributed by atoms with van der Waals surface area (Å²) in [5.41, 5.74) is 5.19. The monoisotopic (exact) mass is 510 g/mol. The summed E-state index contributed by atoms with van der Waals surface area (Å²) in [5.74, 6) is -0.0370. The quantitative estimate of drug-likeness (QED) is 0.330. The topological polar surface area (TPSA) is 120 Å². The minimum Gasteiger partial charge on any atom is -0.353 e. The van der Waals surface area contributed by atoms with Crippen LogP contribution in [0.25, 0.3) is 44.4 Å². The number of hydrogen-bond donors (Lipinski definition) is 3. The van der Waals surface area contributed by atoms with Crippen LogP contribution in [0.2, 0.25) is 0 Å². The molecule has 0 spiro atoms. The summed E-state index contributed by atoms with van der Waals surface area (Å²) in [6.45, 7) is 1.15. The second-order valence-electron chi connectivity index (χ2n) is 9.41. The highest BCUT2D eigenvalue weighted by atomic mass is 32.1. The predicted octanol–water partition coefficient (Wildman–Crippen LogP) is 4.25. The standard InChI is InChI=1S/C27H22N6O3S/c34-25-24(29-21-13-37-14-22(21)30-25)20-12-16-11-15(5-6-18(16)28-20)26(35)32-9-7-17(8-10-32)33-23-4-2-1-3-19(23)31-27(33)36/h1-6,11-14,17,28H,7-10H2,(H,30,34)(H,31,36).